The van der Waals surface area contributed by atoms with E-state index in [1.807, 2.05) is 34.1 Å². The zero-order valence-corrected chi connectivity index (χ0v) is 14.1. The van der Waals surface area contributed by atoms with Crippen LogP contribution in [0.4, 0.5) is 0 Å². The molecule has 2 amide bonds. The van der Waals surface area contributed by atoms with E-state index < -0.39 is 0 Å². The van der Waals surface area contributed by atoms with E-state index in [0.717, 1.165) is 43.5 Å². The number of nitrogens with zero attached hydrogens (tertiary/aromatic N) is 2. The highest BCUT2D eigenvalue weighted by Gasteiger charge is 2.33. The molecule has 1 aromatic rings. The number of hydrogen-bond acceptors (Lipinski definition) is 2. The molecular formula is C19H26N2O2. The second kappa shape index (κ2) is 6.73. The third-order valence-electron chi connectivity index (χ3n) is 4.53. The number of hydrogen-bond donors (Lipinski definition) is 0. The van der Waals surface area contributed by atoms with Crippen LogP contribution in [0, 0.1) is 5.92 Å². The van der Waals surface area contributed by atoms with Crippen molar-refractivity contribution in [2.75, 3.05) is 13.1 Å². The standard InChI is InChI=1S/C19H26N2O2/c1-14(2)12-21(17-8-9-17)19(23)16-6-3-5-15(11-16)13-20-10-4-7-18(20)22/h3,5-6,11,14,17H,4,7-10,12-13H2,1-2H3. The van der Waals surface area contributed by atoms with Crippen LogP contribution in [0.15, 0.2) is 24.3 Å². The lowest BCUT2D eigenvalue weighted by molar-refractivity contribution is -0.128. The van der Waals surface area contributed by atoms with E-state index in [9.17, 15) is 9.59 Å². The third kappa shape index (κ3) is 3.92. The summed E-state index contributed by atoms with van der Waals surface area (Å²) in [6, 6.07) is 8.22. The lowest BCUT2D eigenvalue weighted by Crippen LogP contribution is -2.36. The fourth-order valence-electron chi connectivity index (χ4n) is 3.24. The Bertz CT molecular complexity index is 593. The van der Waals surface area contributed by atoms with Gasteiger partial charge in [-0.3, -0.25) is 9.59 Å². The predicted molar refractivity (Wildman–Crippen MR) is 90.0 cm³/mol. The Morgan fingerprint density at radius 3 is 2.74 bits per heavy atom. The second-order valence-corrected chi connectivity index (χ2v) is 7.20. The molecule has 3 rings (SSSR count). The normalized spacial score (nSPS) is 17.9. The van der Waals surface area contributed by atoms with Crippen LogP contribution in [0.1, 0.15) is 55.5 Å². The molecule has 0 N–H and O–H groups in total. The molecule has 1 heterocycles. The summed E-state index contributed by atoms with van der Waals surface area (Å²) in [5.41, 5.74) is 1.80. The van der Waals surface area contributed by atoms with E-state index in [0.29, 0.717) is 24.9 Å². The molecule has 0 spiro atoms. The van der Waals surface area contributed by atoms with Crippen LogP contribution in [0.3, 0.4) is 0 Å². The molecule has 0 unspecified atom stereocenters. The van der Waals surface area contributed by atoms with Crippen LogP contribution in [-0.2, 0) is 11.3 Å². The van der Waals surface area contributed by atoms with Gasteiger partial charge < -0.3 is 9.80 Å². The second-order valence-electron chi connectivity index (χ2n) is 7.20. The zero-order valence-electron chi connectivity index (χ0n) is 14.1. The number of amides is 2. The Morgan fingerprint density at radius 1 is 1.35 bits per heavy atom. The lowest BCUT2D eigenvalue weighted by Gasteiger charge is -2.25. The van der Waals surface area contributed by atoms with Gasteiger partial charge in [0, 0.05) is 37.7 Å². The van der Waals surface area contributed by atoms with Gasteiger partial charge in [-0.15, -0.1) is 0 Å². The van der Waals surface area contributed by atoms with Crippen LogP contribution < -0.4 is 0 Å². The van der Waals surface area contributed by atoms with Crippen molar-refractivity contribution in [1.82, 2.24) is 9.80 Å². The Balaban J connectivity index is 1.72. The number of carbonyl (C=O) groups excluding carboxylic acids is 2. The van der Waals surface area contributed by atoms with Gasteiger partial charge in [0.05, 0.1) is 0 Å². The van der Waals surface area contributed by atoms with Crippen LogP contribution in [0.5, 0.6) is 0 Å². The molecule has 1 aliphatic heterocycles. The van der Waals surface area contributed by atoms with E-state index in [-0.39, 0.29) is 11.8 Å². The first-order valence-electron chi connectivity index (χ1n) is 8.72. The minimum Gasteiger partial charge on any atom is -0.338 e. The molecule has 2 aliphatic rings. The van der Waals surface area contributed by atoms with Gasteiger partial charge in [0.25, 0.3) is 5.91 Å². The average molecular weight is 314 g/mol. The van der Waals surface area contributed by atoms with Crippen molar-refractivity contribution in [2.45, 2.75) is 52.1 Å². The van der Waals surface area contributed by atoms with Crippen molar-refractivity contribution in [1.29, 1.82) is 0 Å². The summed E-state index contributed by atoms with van der Waals surface area (Å²) in [6.07, 6.45) is 3.85. The molecule has 124 valence electrons. The first kappa shape index (κ1) is 16.0. The predicted octanol–water partition coefficient (Wildman–Crippen LogP) is 3.07. The summed E-state index contributed by atoms with van der Waals surface area (Å²) in [6.45, 7) is 6.57. The molecule has 0 radical (unpaired) electrons. The minimum absolute atomic E-state index is 0.135. The van der Waals surface area contributed by atoms with Crippen LogP contribution in [0.25, 0.3) is 0 Å². The number of rotatable bonds is 6. The van der Waals surface area contributed by atoms with Crippen molar-refractivity contribution in [3.63, 3.8) is 0 Å². The lowest BCUT2D eigenvalue weighted by atomic mass is 10.1. The van der Waals surface area contributed by atoms with E-state index >= 15 is 0 Å². The Labute approximate surface area is 138 Å². The molecule has 23 heavy (non-hydrogen) atoms. The van der Waals surface area contributed by atoms with Crippen molar-refractivity contribution in [3.8, 4) is 0 Å². The highest BCUT2D eigenvalue weighted by atomic mass is 16.2. The largest absolute Gasteiger partial charge is 0.338 e. The summed E-state index contributed by atoms with van der Waals surface area (Å²) < 4.78 is 0. The van der Waals surface area contributed by atoms with Gasteiger partial charge in [-0.05, 0) is 42.9 Å². The highest BCUT2D eigenvalue weighted by Crippen LogP contribution is 2.29. The fraction of sp³-hybridized carbons (Fsp3) is 0.579. The maximum absolute atomic E-state index is 12.9. The fourth-order valence-corrected chi connectivity index (χ4v) is 3.24. The molecule has 0 atom stereocenters. The molecule has 1 saturated carbocycles. The first-order chi connectivity index (χ1) is 11.0. The van der Waals surface area contributed by atoms with Gasteiger partial charge >= 0.3 is 0 Å². The SMILES string of the molecule is CC(C)CN(C(=O)c1cccc(CN2CCCC2=O)c1)C1CC1. The molecule has 1 aromatic carbocycles. The number of benzene rings is 1. The number of likely N-dealkylation sites (tertiary alicyclic amines) is 1. The van der Waals surface area contributed by atoms with Gasteiger partial charge in [-0.2, -0.15) is 0 Å². The molecule has 1 saturated heterocycles. The van der Waals surface area contributed by atoms with Crippen LogP contribution in [0.2, 0.25) is 0 Å². The van der Waals surface area contributed by atoms with Crippen molar-refractivity contribution in [3.05, 3.63) is 35.4 Å². The van der Waals surface area contributed by atoms with Crippen LogP contribution in [-0.4, -0.2) is 40.7 Å². The summed E-state index contributed by atoms with van der Waals surface area (Å²) in [5.74, 6) is 0.835. The van der Waals surface area contributed by atoms with Gasteiger partial charge in [0.2, 0.25) is 5.91 Å². The summed E-state index contributed by atoms with van der Waals surface area (Å²) in [7, 11) is 0. The quantitative estimate of drug-likeness (QED) is 0.809. The van der Waals surface area contributed by atoms with Crippen LogP contribution >= 0.6 is 0 Å². The maximum atomic E-state index is 12.9. The monoisotopic (exact) mass is 314 g/mol. The van der Waals surface area contributed by atoms with E-state index in [1.165, 1.54) is 0 Å². The highest BCUT2D eigenvalue weighted by molar-refractivity contribution is 5.94. The molecule has 0 bridgehead atoms. The number of carbonyl (C=O) groups is 2. The maximum Gasteiger partial charge on any atom is 0.254 e. The molecule has 0 aromatic heterocycles. The van der Waals surface area contributed by atoms with Gasteiger partial charge in [0.15, 0.2) is 0 Å². The van der Waals surface area contributed by atoms with Gasteiger partial charge in [-0.1, -0.05) is 26.0 Å². The van der Waals surface area contributed by atoms with Crippen molar-refractivity contribution in [2.24, 2.45) is 5.92 Å². The minimum atomic E-state index is 0.135. The van der Waals surface area contributed by atoms with Crippen molar-refractivity contribution >= 4 is 11.8 Å². The first-order valence-corrected chi connectivity index (χ1v) is 8.72. The topological polar surface area (TPSA) is 40.6 Å². The zero-order chi connectivity index (χ0) is 16.4. The molecule has 4 heteroatoms. The summed E-state index contributed by atoms with van der Waals surface area (Å²) in [5, 5.41) is 0. The van der Waals surface area contributed by atoms with E-state index in [1.54, 1.807) is 0 Å². The van der Waals surface area contributed by atoms with E-state index in [4.69, 9.17) is 0 Å². The smallest absolute Gasteiger partial charge is 0.254 e. The molecule has 1 aliphatic carbocycles. The third-order valence-corrected chi connectivity index (χ3v) is 4.53. The average Bonchev–Trinajstić information content (AvgIpc) is 3.29. The summed E-state index contributed by atoms with van der Waals surface area (Å²) in [4.78, 5) is 28.6. The summed E-state index contributed by atoms with van der Waals surface area (Å²) >= 11 is 0. The Hall–Kier alpha value is -1.84. The van der Waals surface area contributed by atoms with Crippen molar-refractivity contribution < 1.29 is 9.59 Å². The van der Waals surface area contributed by atoms with E-state index in [2.05, 4.69) is 13.8 Å². The Morgan fingerprint density at radius 2 is 2.13 bits per heavy atom. The Kier molecular flexibility index (Phi) is 4.69. The van der Waals surface area contributed by atoms with Gasteiger partial charge in [0.1, 0.15) is 0 Å². The van der Waals surface area contributed by atoms with Gasteiger partial charge in [-0.25, -0.2) is 0 Å². The molecule has 2 fully saturated rings. The molecule has 4 nitrogen and oxygen atoms in total. The molecular weight excluding hydrogens is 288 g/mol.